The van der Waals surface area contributed by atoms with Crippen molar-refractivity contribution in [1.82, 2.24) is 14.4 Å². The van der Waals surface area contributed by atoms with E-state index < -0.39 is 0 Å². The summed E-state index contributed by atoms with van der Waals surface area (Å²) >= 11 is 1.52. The molecular formula is C24H35N3O2S. The number of aromatic nitrogens is 1. The molecule has 0 fully saturated rings. The highest BCUT2D eigenvalue weighted by Crippen LogP contribution is 2.19. The average molecular weight is 430 g/mol. The zero-order valence-corrected chi connectivity index (χ0v) is 19.7. The van der Waals surface area contributed by atoms with E-state index in [-0.39, 0.29) is 24.4 Å². The molecule has 164 valence electrons. The zero-order chi connectivity index (χ0) is 22.1. The summed E-state index contributed by atoms with van der Waals surface area (Å²) in [6.07, 6.45) is 2.81. The van der Waals surface area contributed by atoms with Crippen molar-refractivity contribution >= 4 is 23.6 Å². The third kappa shape index (κ3) is 7.24. The average Bonchev–Trinajstić information content (AvgIpc) is 3.13. The summed E-state index contributed by atoms with van der Waals surface area (Å²) in [7, 11) is 1.99. The molecule has 2 rings (SSSR count). The van der Waals surface area contributed by atoms with E-state index in [0.29, 0.717) is 24.8 Å². The van der Waals surface area contributed by atoms with Gasteiger partial charge >= 0.3 is 0 Å². The second kappa shape index (κ2) is 11.8. The van der Waals surface area contributed by atoms with E-state index in [1.54, 1.807) is 4.90 Å². The van der Waals surface area contributed by atoms with Crippen LogP contribution in [0.15, 0.2) is 53.6 Å². The first-order chi connectivity index (χ1) is 14.3. The minimum absolute atomic E-state index is 0.00302. The van der Waals surface area contributed by atoms with Crippen LogP contribution in [0.2, 0.25) is 0 Å². The van der Waals surface area contributed by atoms with Gasteiger partial charge in [-0.3, -0.25) is 9.59 Å². The summed E-state index contributed by atoms with van der Waals surface area (Å²) < 4.78 is 2.04. The van der Waals surface area contributed by atoms with Crippen molar-refractivity contribution in [2.45, 2.75) is 51.6 Å². The molecule has 2 amide bonds. The van der Waals surface area contributed by atoms with E-state index in [2.05, 4.69) is 20.8 Å². The number of carbonyl (C=O) groups excluding carboxylic acids is 2. The quantitative estimate of drug-likeness (QED) is 0.497. The maximum absolute atomic E-state index is 13.2. The third-order valence-corrected chi connectivity index (χ3v) is 6.19. The van der Waals surface area contributed by atoms with Gasteiger partial charge in [0.15, 0.2) is 0 Å². The van der Waals surface area contributed by atoms with E-state index in [1.165, 1.54) is 11.8 Å². The van der Waals surface area contributed by atoms with Gasteiger partial charge in [-0.25, -0.2) is 0 Å². The third-order valence-electron chi connectivity index (χ3n) is 5.20. The Balaban J connectivity index is 2.08. The number of benzene rings is 1. The molecule has 0 aliphatic carbocycles. The second-order valence-electron chi connectivity index (χ2n) is 8.16. The van der Waals surface area contributed by atoms with Crippen molar-refractivity contribution in [2.75, 3.05) is 18.8 Å². The maximum Gasteiger partial charge on any atom is 0.242 e. The molecule has 0 aliphatic heterocycles. The monoisotopic (exact) mass is 429 g/mol. The molecule has 0 radical (unpaired) electrons. The van der Waals surface area contributed by atoms with Crippen LogP contribution in [0.1, 0.15) is 39.8 Å². The largest absolute Gasteiger partial charge is 0.353 e. The lowest BCUT2D eigenvalue weighted by molar-refractivity contribution is -0.141. The van der Waals surface area contributed by atoms with E-state index in [9.17, 15) is 9.59 Å². The summed E-state index contributed by atoms with van der Waals surface area (Å²) in [6, 6.07) is 14.0. The van der Waals surface area contributed by atoms with Gasteiger partial charge in [-0.15, -0.1) is 11.8 Å². The zero-order valence-electron chi connectivity index (χ0n) is 18.9. The van der Waals surface area contributed by atoms with Crippen molar-refractivity contribution in [3.8, 4) is 0 Å². The molecule has 1 unspecified atom stereocenters. The second-order valence-corrected chi connectivity index (χ2v) is 9.21. The lowest BCUT2D eigenvalue weighted by atomic mass is 10.2. The Labute approximate surface area is 185 Å². The van der Waals surface area contributed by atoms with Crippen molar-refractivity contribution < 1.29 is 9.59 Å². The van der Waals surface area contributed by atoms with Gasteiger partial charge in [-0.1, -0.05) is 39.0 Å². The first-order valence-corrected chi connectivity index (χ1v) is 11.7. The molecule has 1 aromatic heterocycles. The van der Waals surface area contributed by atoms with Gasteiger partial charge in [0.2, 0.25) is 11.8 Å². The minimum Gasteiger partial charge on any atom is -0.353 e. The highest BCUT2D eigenvalue weighted by molar-refractivity contribution is 8.00. The minimum atomic E-state index is 0.00302. The van der Waals surface area contributed by atoms with Crippen LogP contribution in [0.25, 0.3) is 0 Å². The SMILES string of the molecule is CCC(C)N(CC(=O)N(Cc1cccn1C)CC(C)C)C(=O)CSc1ccccc1. The Kier molecular flexibility index (Phi) is 9.50. The van der Waals surface area contributed by atoms with Crippen LogP contribution < -0.4 is 0 Å². The Morgan fingerprint density at radius 1 is 1.03 bits per heavy atom. The molecule has 1 atom stereocenters. The van der Waals surface area contributed by atoms with Gasteiger partial charge in [-0.2, -0.15) is 0 Å². The number of aryl methyl sites for hydroxylation is 1. The lowest BCUT2D eigenvalue weighted by Gasteiger charge is -2.32. The van der Waals surface area contributed by atoms with Gasteiger partial charge in [0.05, 0.1) is 12.3 Å². The predicted molar refractivity (Wildman–Crippen MR) is 124 cm³/mol. The fourth-order valence-electron chi connectivity index (χ4n) is 3.25. The number of thioether (sulfide) groups is 1. The number of amides is 2. The van der Waals surface area contributed by atoms with Crippen LogP contribution in [-0.4, -0.2) is 51.1 Å². The number of hydrogen-bond donors (Lipinski definition) is 0. The highest BCUT2D eigenvalue weighted by Gasteiger charge is 2.25. The molecule has 0 N–H and O–H groups in total. The topological polar surface area (TPSA) is 45.6 Å². The molecule has 1 aromatic carbocycles. The smallest absolute Gasteiger partial charge is 0.242 e. The van der Waals surface area contributed by atoms with E-state index in [4.69, 9.17) is 0 Å². The van der Waals surface area contributed by atoms with Crippen molar-refractivity contribution in [1.29, 1.82) is 0 Å². The Morgan fingerprint density at radius 2 is 1.73 bits per heavy atom. The van der Waals surface area contributed by atoms with Crippen LogP contribution in [0, 0.1) is 5.92 Å². The van der Waals surface area contributed by atoms with Gasteiger partial charge in [0.25, 0.3) is 0 Å². The number of hydrogen-bond acceptors (Lipinski definition) is 3. The van der Waals surface area contributed by atoms with Crippen molar-refractivity contribution in [3.05, 3.63) is 54.4 Å². The molecular weight excluding hydrogens is 394 g/mol. The summed E-state index contributed by atoms with van der Waals surface area (Å²) in [6.45, 7) is 9.64. The summed E-state index contributed by atoms with van der Waals surface area (Å²) in [5.41, 5.74) is 1.09. The molecule has 0 saturated heterocycles. The van der Waals surface area contributed by atoms with Gasteiger partial charge in [-0.05, 0) is 43.5 Å². The Morgan fingerprint density at radius 3 is 2.30 bits per heavy atom. The summed E-state index contributed by atoms with van der Waals surface area (Å²) in [4.78, 5) is 30.9. The first kappa shape index (κ1) is 24.1. The molecule has 30 heavy (non-hydrogen) atoms. The maximum atomic E-state index is 13.2. The van der Waals surface area contributed by atoms with Crippen LogP contribution in [0.5, 0.6) is 0 Å². The fourth-order valence-corrected chi connectivity index (χ4v) is 4.06. The van der Waals surface area contributed by atoms with Gasteiger partial charge < -0.3 is 14.4 Å². The molecule has 1 heterocycles. The van der Waals surface area contributed by atoms with E-state index in [0.717, 1.165) is 17.0 Å². The molecule has 0 aliphatic rings. The predicted octanol–water partition coefficient (Wildman–Crippen LogP) is 4.43. The molecule has 2 aromatic rings. The number of nitrogens with zero attached hydrogens (tertiary/aromatic N) is 3. The Bertz CT molecular complexity index is 804. The summed E-state index contributed by atoms with van der Waals surface area (Å²) in [5.74, 6) is 0.706. The molecule has 6 heteroatoms. The van der Waals surface area contributed by atoms with Crippen LogP contribution in [0.3, 0.4) is 0 Å². The standard InChI is InChI=1S/C24H35N3O2S/c1-6-20(4)27(24(29)18-30-22-12-8-7-9-13-22)17-23(28)26(15-19(2)3)16-21-11-10-14-25(21)5/h7-14,19-20H,6,15-18H2,1-5H3. The first-order valence-electron chi connectivity index (χ1n) is 10.7. The molecule has 0 saturated carbocycles. The van der Waals surface area contributed by atoms with Gasteiger partial charge in [0, 0.05) is 36.4 Å². The molecule has 5 nitrogen and oxygen atoms in total. The lowest BCUT2D eigenvalue weighted by Crippen LogP contribution is -2.47. The molecule has 0 spiro atoms. The number of carbonyl (C=O) groups is 2. The van der Waals surface area contributed by atoms with Crippen LogP contribution >= 0.6 is 11.8 Å². The van der Waals surface area contributed by atoms with Crippen LogP contribution in [0.4, 0.5) is 0 Å². The van der Waals surface area contributed by atoms with E-state index in [1.807, 2.05) is 72.1 Å². The summed E-state index contributed by atoms with van der Waals surface area (Å²) in [5, 5.41) is 0. The van der Waals surface area contributed by atoms with Crippen LogP contribution in [-0.2, 0) is 23.2 Å². The molecule has 0 bridgehead atoms. The van der Waals surface area contributed by atoms with Crippen molar-refractivity contribution in [2.24, 2.45) is 13.0 Å². The number of rotatable bonds is 11. The Hall–Kier alpha value is -2.21. The highest BCUT2D eigenvalue weighted by atomic mass is 32.2. The van der Waals surface area contributed by atoms with Crippen molar-refractivity contribution in [3.63, 3.8) is 0 Å². The van der Waals surface area contributed by atoms with Gasteiger partial charge in [0.1, 0.15) is 6.54 Å². The van der Waals surface area contributed by atoms with E-state index >= 15 is 0 Å². The fraction of sp³-hybridized carbons (Fsp3) is 0.500. The normalized spacial score (nSPS) is 12.1.